The molecule has 0 aliphatic carbocycles. The topological polar surface area (TPSA) is 83.1 Å². The summed E-state index contributed by atoms with van der Waals surface area (Å²) < 4.78 is 12.5. The van der Waals surface area contributed by atoms with Crippen molar-refractivity contribution >= 4 is 26.9 Å². The van der Waals surface area contributed by atoms with Crippen molar-refractivity contribution in [3.63, 3.8) is 0 Å². The highest BCUT2D eigenvalue weighted by atomic mass is 79.9. The number of hydrogen-bond acceptors (Lipinski definition) is 6. The standard InChI is InChI=1S/C22H22BrNO5/c1-24-10-9-14(16(24)11-25)15-7-8-17(26)18-19(27)22(28-2)20(29-21(15)18)12-3-5-13(23)6-4-12/h3-8,14,16,25-26H,9-11H2,1-2H3. The smallest absolute Gasteiger partial charge is 0.239 e. The number of aliphatic hydroxyl groups is 1. The van der Waals surface area contributed by atoms with E-state index in [2.05, 4.69) is 20.8 Å². The van der Waals surface area contributed by atoms with Crippen molar-refractivity contribution in [2.45, 2.75) is 18.4 Å². The number of likely N-dealkylation sites (N-methyl/N-ethyl adjacent to an activating group) is 1. The van der Waals surface area contributed by atoms with Crippen molar-refractivity contribution in [1.29, 1.82) is 0 Å². The Morgan fingerprint density at radius 1 is 1.24 bits per heavy atom. The Hall–Kier alpha value is -2.35. The van der Waals surface area contributed by atoms with Crippen LogP contribution in [0.4, 0.5) is 0 Å². The lowest BCUT2D eigenvalue weighted by atomic mass is 9.90. The second-order valence-corrected chi connectivity index (χ2v) is 8.22. The third kappa shape index (κ3) is 3.33. The average molecular weight is 460 g/mol. The van der Waals surface area contributed by atoms with E-state index in [9.17, 15) is 15.0 Å². The number of methoxy groups -OCH3 is 1. The molecule has 3 aromatic rings. The molecular formula is C22H22BrNO5. The fourth-order valence-corrected chi connectivity index (χ4v) is 4.45. The molecule has 0 spiro atoms. The fraction of sp³-hybridized carbons (Fsp3) is 0.318. The molecule has 7 heteroatoms. The van der Waals surface area contributed by atoms with Crippen LogP contribution in [0.5, 0.6) is 11.5 Å². The summed E-state index contributed by atoms with van der Waals surface area (Å²) in [6.07, 6.45) is 0.824. The van der Waals surface area contributed by atoms with Gasteiger partial charge in [-0.2, -0.15) is 0 Å². The number of halogens is 1. The first-order chi connectivity index (χ1) is 14.0. The minimum atomic E-state index is -0.419. The quantitative estimate of drug-likeness (QED) is 0.618. The number of likely N-dealkylation sites (tertiary alicyclic amines) is 1. The summed E-state index contributed by atoms with van der Waals surface area (Å²) in [5.41, 5.74) is 1.42. The van der Waals surface area contributed by atoms with Crippen LogP contribution >= 0.6 is 15.9 Å². The predicted molar refractivity (Wildman–Crippen MR) is 115 cm³/mol. The summed E-state index contributed by atoms with van der Waals surface area (Å²) in [5.74, 6) is 0.207. The lowest BCUT2D eigenvalue weighted by molar-refractivity contribution is 0.172. The monoisotopic (exact) mass is 459 g/mol. The number of fused-ring (bicyclic) bond motifs is 1. The van der Waals surface area contributed by atoms with Crippen molar-refractivity contribution in [3.05, 3.63) is 56.7 Å². The molecule has 2 unspecified atom stereocenters. The molecule has 1 saturated heterocycles. The lowest BCUT2D eigenvalue weighted by Crippen LogP contribution is -2.31. The first-order valence-electron chi connectivity index (χ1n) is 9.40. The maximum Gasteiger partial charge on any atom is 0.239 e. The normalized spacial score (nSPS) is 19.7. The van der Waals surface area contributed by atoms with E-state index in [-0.39, 0.29) is 35.5 Å². The predicted octanol–water partition coefficient (Wildman–Crippen LogP) is 3.72. The van der Waals surface area contributed by atoms with Crippen molar-refractivity contribution in [2.75, 3.05) is 27.3 Å². The van der Waals surface area contributed by atoms with Crippen LogP contribution in [-0.2, 0) is 0 Å². The molecule has 1 aromatic heterocycles. The number of nitrogens with zero attached hydrogens (tertiary/aromatic N) is 1. The second kappa shape index (κ2) is 7.82. The van der Waals surface area contributed by atoms with E-state index >= 15 is 0 Å². The van der Waals surface area contributed by atoms with Gasteiger partial charge in [-0.15, -0.1) is 0 Å². The molecule has 2 aromatic carbocycles. The van der Waals surface area contributed by atoms with Crippen molar-refractivity contribution in [1.82, 2.24) is 4.90 Å². The van der Waals surface area contributed by atoms with Crippen LogP contribution in [0.15, 0.2) is 50.1 Å². The Kier molecular flexibility index (Phi) is 5.38. The third-order valence-corrected chi connectivity index (χ3v) is 6.26. The van der Waals surface area contributed by atoms with Crippen molar-refractivity contribution in [2.24, 2.45) is 0 Å². The van der Waals surface area contributed by atoms with Gasteiger partial charge in [0.05, 0.1) is 13.7 Å². The van der Waals surface area contributed by atoms with Crippen molar-refractivity contribution < 1.29 is 19.4 Å². The molecule has 2 heterocycles. The Balaban J connectivity index is 2.01. The molecule has 152 valence electrons. The number of ether oxygens (including phenoxy) is 1. The van der Waals surface area contributed by atoms with Gasteiger partial charge in [-0.1, -0.05) is 22.0 Å². The summed E-state index contributed by atoms with van der Waals surface area (Å²) in [6, 6.07) is 10.6. The Bertz CT molecular complexity index is 1110. The van der Waals surface area contributed by atoms with Crippen LogP contribution < -0.4 is 10.2 Å². The molecule has 6 nitrogen and oxygen atoms in total. The maximum atomic E-state index is 13.2. The third-order valence-electron chi connectivity index (χ3n) is 5.73. The highest BCUT2D eigenvalue weighted by Gasteiger charge is 2.35. The summed E-state index contributed by atoms with van der Waals surface area (Å²) in [4.78, 5) is 15.3. The highest BCUT2D eigenvalue weighted by molar-refractivity contribution is 9.10. The summed E-state index contributed by atoms with van der Waals surface area (Å²) in [5, 5.41) is 20.4. The summed E-state index contributed by atoms with van der Waals surface area (Å²) >= 11 is 3.41. The van der Waals surface area contributed by atoms with E-state index in [4.69, 9.17) is 9.15 Å². The minimum absolute atomic E-state index is 0.00346. The first-order valence-corrected chi connectivity index (χ1v) is 10.2. The van der Waals surface area contributed by atoms with E-state index in [1.165, 1.54) is 13.2 Å². The van der Waals surface area contributed by atoms with Gasteiger partial charge in [0, 0.05) is 27.6 Å². The van der Waals surface area contributed by atoms with Gasteiger partial charge in [-0.3, -0.25) is 4.79 Å². The van der Waals surface area contributed by atoms with E-state index in [1.807, 2.05) is 31.3 Å². The highest BCUT2D eigenvalue weighted by Crippen LogP contribution is 2.41. The molecule has 4 rings (SSSR count). The van der Waals surface area contributed by atoms with Crippen LogP contribution in [0.1, 0.15) is 17.9 Å². The van der Waals surface area contributed by atoms with Gasteiger partial charge >= 0.3 is 0 Å². The van der Waals surface area contributed by atoms with Gasteiger partial charge in [0.25, 0.3) is 0 Å². The zero-order valence-electron chi connectivity index (χ0n) is 16.2. The van der Waals surface area contributed by atoms with E-state index in [0.29, 0.717) is 16.9 Å². The molecule has 2 N–H and O–H groups in total. The van der Waals surface area contributed by atoms with Crippen molar-refractivity contribution in [3.8, 4) is 22.8 Å². The Morgan fingerprint density at radius 2 is 1.97 bits per heavy atom. The SMILES string of the molecule is COc1c(-c2ccc(Br)cc2)oc2c(C3CCN(C)C3CO)ccc(O)c2c1=O. The number of benzene rings is 2. The summed E-state index contributed by atoms with van der Waals surface area (Å²) in [6.45, 7) is 0.835. The average Bonchev–Trinajstić information content (AvgIpc) is 3.08. The van der Waals surface area contributed by atoms with Crippen LogP contribution in [0.25, 0.3) is 22.3 Å². The molecule has 0 radical (unpaired) electrons. The number of aromatic hydroxyl groups is 1. The Labute approximate surface area is 176 Å². The van der Waals surface area contributed by atoms with Gasteiger partial charge < -0.3 is 24.3 Å². The number of phenolic OH excluding ortho intramolecular Hbond substituents is 1. The van der Waals surface area contributed by atoms with Gasteiger partial charge in [-0.25, -0.2) is 0 Å². The van der Waals surface area contributed by atoms with Crippen LogP contribution in [-0.4, -0.2) is 48.5 Å². The first kappa shape index (κ1) is 19.9. The summed E-state index contributed by atoms with van der Waals surface area (Å²) in [7, 11) is 3.38. The van der Waals surface area contributed by atoms with E-state index < -0.39 is 5.43 Å². The van der Waals surface area contributed by atoms with Gasteiger partial charge in [0.1, 0.15) is 16.7 Å². The zero-order valence-corrected chi connectivity index (χ0v) is 17.8. The van der Waals surface area contributed by atoms with Crippen LogP contribution in [0.2, 0.25) is 0 Å². The number of aliphatic hydroxyl groups excluding tert-OH is 1. The molecule has 0 bridgehead atoms. The van der Waals surface area contributed by atoms with E-state index in [0.717, 1.165) is 23.0 Å². The molecule has 0 saturated carbocycles. The number of phenols is 1. The second-order valence-electron chi connectivity index (χ2n) is 7.30. The number of hydrogen-bond donors (Lipinski definition) is 2. The van der Waals surface area contributed by atoms with Crippen LogP contribution in [0, 0.1) is 0 Å². The maximum absolute atomic E-state index is 13.2. The number of rotatable bonds is 4. The largest absolute Gasteiger partial charge is 0.507 e. The molecule has 2 atom stereocenters. The molecule has 1 fully saturated rings. The van der Waals surface area contributed by atoms with Gasteiger partial charge in [0.15, 0.2) is 5.76 Å². The Morgan fingerprint density at radius 3 is 2.62 bits per heavy atom. The van der Waals surface area contributed by atoms with Gasteiger partial charge in [-0.05, 0) is 50.3 Å². The molecule has 1 aliphatic rings. The lowest BCUT2D eigenvalue weighted by Gasteiger charge is -2.24. The molecule has 1 aliphatic heterocycles. The minimum Gasteiger partial charge on any atom is -0.507 e. The fourth-order valence-electron chi connectivity index (χ4n) is 4.19. The molecular weight excluding hydrogens is 438 g/mol. The van der Waals surface area contributed by atoms with Crippen LogP contribution in [0.3, 0.4) is 0 Å². The zero-order chi connectivity index (χ0) is 20.7. The van der Waals surface area contributed by atoms with Gasteiger partial charge in [0.2, 0.25) is 11.2 Å². The molecule has 29 heavy (non-hydrogen) atoms. The van der Waals surface area contributed by atoms with E-state index in [1.54, 1.807) is 6.07 Å². The molecule has 0 amide bonds.